The molecule has 0 bridgehead atoms. The Morgan fingerprint density at radius 3 is 2.28 bits per heavy atom. The Balaban J connectivity index is 0.00000210. The average Bonchev–Trinajstić information content (AvgIpc) is 3.06. The fourth-order valence-electron chi connectivity index (χ4n) is 2.65. The van der Waals surface area contributed by atoms with Crippen molar-refractivity contribution in [1.82, 2.24) is 4.57 Å². The van der Waals surface area contributed by atoms with Gasteiger partial charge in [0.25, 0.3) is 6.73 Å². The lowest BCUT2D eigenvalue weighted by Crippen LogP contribution is -3.00. The van der Waals surface area contributed by atoms with Gasteiger partial charge in [0.05, 0.1) is 6.21 Å². The first kappa shape index (κ1) is 25.0. The van der Waals surface area contributed by atoms with Crippen LogP contribution in [0.1, 0.15) is 17.0 Å². The number of imidazole rings is 1. The predicted octanol–water partition coefficient (Wildman–Crippen LogP) is -4.63. The van der Waals surface area contributed by atoms with Crippen molar-refractivity contribution in [2.24, 2.45) is 10.3 Å². The van der Waals surface area contributed by atoms with E-state index in [0.29, 0.717) is 20.0 Å². The zero-order valence-electron chi connectivity index (χ0n) is 15.4. The fraction of sp³-hybridized carbons (Fsp3) is 0.158. The zero-order valence-corrected chi connectivity index (χ0v) is 19.7. The van der Waals surface area contributed by atoms with Gasteiger partial charge in [0.15, 0.2) is 25.3 Å². The number of hydrogen-bond donors (Lipinski definition) is 2. The lowest BCUT2D eigenvalue weighted by Gasteiger charge is -2.02. The molecule has 154 valence electrons. The topological polar surface area (TPSA) is 87.1 Å². The molecule has 0 saturated heterocycles. The number of halogens is 2. The van der Waals surface area contributed by atoms with Gasteiger partial charge in [-0.3, -0.25) is 4.74 Å². The number of pyridine rings is 1. The molecule has 0 unspecified atom stereocenters. The largest absolute Gasteiger partial charge is 1.00 e. The lowest BCUT2D eigenvalue weighted by atomic mass is 10.2. The molecule has 0 fully saturated rings. The smallest absolute Gasteiger partial charge is 0.305 e. The Bertz CT molecular complexity index is 915. The number of rotatable bonds is 8. The van der Waals surface area contributed by atoms with Crippen molar-refractivity contribution in [3.05, 3.63) is 84.2 Å². The van der Waals surface area contributed by atoms with E-state index in [9.17, 15) is 0 Å². The highest BCUT2D eigenvalue weighted by molar-refractivity contribution is 5.78. The van der Waals surface area contributed by atoms with Gasteiger partial charge in [0.2, 0.25) is 0 Å². The molecule has 0 aliphatic carbocycles. The molecule has 10 heteroatoms. The SMILES string of the molecule is O/N=C\c1cc[n+](COCn2cc[n+](Cc3ccccc3)c2/C=N\O)cc1.[I-].[I-]. The Labute approximate surface area is 202 Å². The van der Waals surface area contributed by atoms with Gasteiger partial charge in [0, 0.05) is 17.7 Å². The van der Waals surface area contributed by atoms with Crippen LogP contribution in [0, 0.1) is 0 Å². The van der Waals surface area contributed by atoms with Gasteiger partial charge in [0.1, 0.15) is 18.9 Å². The summed E-state index contributed by atoms with van der Waals surface area (Å²) in [7, 11) is 0. The summed E-state index contributed by atoms with van der Waals surface area (Å²) < 4.78 is 11.4. The molecular weight excluding hydrogens is 600 g/mol. The molecule has 2 N–H and O–H groups in total. The third-order valence-electron chi connectivity index (χ3n) is 3.98. The second-order valence-corrected chi connectivity index (χ2v) is 5.84. The summed E-state index contributed by atoms with van der Waals surface area (Å²) in [4.78, 5) is 0. The first-order chi connectivity index (χ1) is 13.3. The van der Waals surface area contributed by atoms with E-state index in [0.717, 1.165) is 17.0 Å². The van der Waals surface area contributed by atoms with Gasteiger partial charge in [-0.15, -0.1) is 0 Å². The second-order valence-electron chi connectivity index (χ2n) is 5.84. The maximum Gasteiger partial charge on any atom is 0.305 e. The third kappa shape index (κ3) is 7.36. The number of nitrogens with zero attached hydrogens (tertiary/aromatic N) is 5. The number of hydrogen-bond acceptors (Lipinski definition) is 5. The number of benzene rings is 1. The fourth-order valence-corrected chi connectivity index (χ4v) is 2.65. The minimum atomic E-state index is 0. The highest BCUT2D eigenvalue weighted by Gasteiger charge is 2.16. The van der Waals surface area contributed by atoms with Crippen molar-refractivity contribution >= 4 is 12.4 Å². The molecule has 29 heavy (non-hydrogen) atoms. The first-order valence-corrected chi connectivity index (χ1v) is 8.34. The minimum absolute atomic E-state index is 0. The highest BCUT2D eigenvalue weighted by Crippen LogP contribution is 2.01. The van der Waals surface area contributed by atoms with E-state index in [1.165, 1.54) is 12.4 Å². The quantitative estimate of drug-likeness (QED) is 0.0874. The lowest BCUT2D eigenvalue weighted by molar-refractivity contribution is -0.734. The zero-order chi connectivity index (χ0) is 18.9. The maximum absolute atomic E-state index is 9.00. The third-order valence-corrected chi connectivity index (χ3v) is 3.98. The summed E-state index contributed by atoms with van der Waals surface area (Å²) >= 11 is 0. The van der Waals surface area contributed by atoms with Crippen molar-refractivity contribution in [2.45, 2.75) is 20.0 Å². The summed E-state index contributed by atoms with van der Waals surface area (Å²) in [5, 5.41) is 23.7. The van der Waals surface area contributed by atoms with E-state index in [1.54, 1.807) is 0 Å². The monoisotopic (exact) mass is 621 g/mol. The van der Waals surface area contributed by atoms with Gasteiger partial charge in [-0.1, -0.05) is 40.6 Å². The Hall–Kier alpha value is -2.06. The van der Waals surface area contributed by atoms with E-state index in [-0.39, 0.29) is 48.0 Å². The van der Waals surface area contributed by atoms with Crippen LogP contribution >= 0.6 is 0 Å². The molecule has 3 rings (SSSR count). The molecule has 0 aliphatic rings. The van der Waals surface area contributed by atoms with Crippen LogP contribution in [0.25, 0.3) is 0 Å². The van der Waals surface area contributed by atoms with Crippen molar-refractivity contribution in [1.29, 1.82) is 0 Å². The van der Waals surface area contributed by atoms with Crippen LogP contribution in [-0.4, -0.2) is 27.4 Å². The Morgan fingerprint density at radius 2 is 1.62 bits per heavy atom. The molecule has 0 aliphatic heterocycles. The van der Waals surface area contributed by atoms with Gasteiger partial charge in [-0.2, -0.15) is 4.57 Å². The molecule has 0 atom stereocenters. The predicted molar refractivity (Wildman–Crippen MR) is 96.7 cm³/mol. The Kier molecular flexibility index (Phi) is 11.4. The molecular formula is C19H21I2N5O3. The van der Waals surface area contributed by atoms with Gasteiger partial charge >= 0.3 is 5.82 Å². The van der Waals surface area contributed by atoms with Crippen LogP contribution < -0.4 is 57.1 Å². The molecule has 3 aromatic rings. The first-order valence-electron chi connectivity index (χ1n) is 8.34. The van der Waals surface area contributed by atoms with Crippen molar-refractivity contribution in [3.63, 3.8) is 0 Å². The van der Waals surface area contributed by atoms with E-state index in [4.69, 9.17) is 15.2 Å². The average molecular weight is 621 g/mol. The molecule has 0 saturated carbocycles. The van der Waals surface area contributed by atoms with Gasteiger partial charge in [-0.25, -0.2) is 9.13 Å². The van der Waals surface area contributed by atoms with Crippen molar-refractivity contribution in [3.8, 4) is 0 Å². The molecule has 1 aromatic carbocycles. The van der Waals surface area contributed by atoms with Crippen LogP contribution in [0.2, 0.25) is 0 Å². The second kappa shape index (κ2) is 13.2. The maximum atomic E-state index is 9.00. The van der Waals surface area contributed by atoms with Crippen molar-refractivity contribution < 1.29 is 72.2 Å². The molecule has 0 spiro atoms. The molecule has 8 nitrogen and oxygen atoms in total. The summed E-state index contributed by atoms with van der Waals surface area (Å²) in [6.07, 6.45) is 10.2. The standard InChI is InChI=1S/C19H19N5O3.2HI/c25-20-12-17-6-8-22(9-7-17)15-27-16-24-11-10-23(19(24)13-21-26)14-18-4-2-1-3-5-18;;/h1-13H,14-16H2;2*1H. The summed E-state index contributed by atoms with van der Waals surface area (Å²) in [6.45, 7) is 1.32. The van der Waals surface area contributed by atoms with Crippen LogP contribution in [0.15, 0.2) is 77.6 Å². The van der Waals surface area contributed by atoms with E-state index in [2.05, 4.69) is 10.3 Å². The summed E-state index contributed by atoms with van der Waals surface area (Å²) in [5.74, 6) is 0.723. The van der Waals surface area contributed by atoms with E-state index >= 15 is 0 Å². The molecule has 2 aromatic heterocycles. The summed E-state index contributed by atoms with van der Waals surface area (Å²) in [6, 6.07) is 13.7. The number of aromatic nitrogens is 3. The van der Waals surface area contributed by atoms with Crippen LogP contribution in [0.5, 0.6) is 0 Å². The normalized spacial score (nSPS) is 10.8. The van der Waals surface area contributed by atoms with Crippen molar-refractivity contribution in [2.75, 3.05) is 0 Å². The van der Waals surface area contributed by atoms with Gasteiger partial charge < -0.3 is 58.4 Å². The Morgan fingerprint density at radius 1 is 0.931 bits per heavy atom. The highest BCUT2D eigenvalue weighted by atomic mass is 127. The number of ether oxygens (including phenoxy) is 1. The minimum Gasteiger partial charge on any atom is -1.00 e. The molecule has 0 amide bonds. The molecule has 2 heterocycles. The van der Waals surface area contributed by atoms with Crippen LogP contribution in [-0.2, 0) is 24.7 Å². The molecule has 0 radical (unpaired) electrons. The van der Waals surface area contributed by atoms with Crippen LogP contribution in [0.3, 0.4) is 0 Å². The van der Waals surface area contributed by atoms with E-state index < -0.39 is 0 Å². The van der Waals surface area contributed by atoms with Gasteiger partial charge in [-0.05, 0) is 5.56 Å². The van der Waals surface area contributed by atoms with Crippen LogP contribution in [0.4, 0.5) is 0 Å². The number of oxime groups is 2. The summed E-state index contributed by atoms with van der Waals surface area (Å²) in [5.41, 5.74) is 1.94. The van der Waals surface area contributed by atoms with E-state index in [1.807, 2.05) is 81.0 Å².